The van der Waals surface area contributed by atoms with Crippen LogP contribution < -0.4 is 11.1 Å². The molecule has 2 heterocycles. The maximum Gasteiger partial charge on any atom is 0.136 e. The molecule has 2 rings (SSSR count). The molecule has 0 aromatic carbocycles. The number of nitrogen functional groups attached to an aromatic ring is 1. The molecule has 1 aliphatic rings. The molecule has 0 spiro atoms. The van der Waals surface area contributed by atoms with Gasteiger partial charge in [0.1, 0.15) is 5.82 Å². The highest BCUT2D eigenvalue weighted by Gasteiger charge is 2.21. The van der Waals surface area contributed by atoms with Crippen molar-refractivity contribution in [2.45, 2.75) is 6.04 Å². The summed E-state index contributed by atoms with van der Waals surface area (Å²) in [6, 6.07) is 0.446. The second-order valence-corrected chi connectivity index (χ2v) is 3.49. The molecule has 0 aliphatic carbocycles. The lowest BCUT2D eigenvalue weighted by Crippen LogP contribution is -2.44. The van der Waals surface area contributed by atoms with Crippen LogP contribution in [-0.4, -0.2) is 22.9 Å². The molecule has 0 saturated carbocycles. The lowest BCUT2D eigenvalue weighted by Gasteiger charge is -2.27. The van der Waals surface area contributed by atoms with Crippen molar-refractivity contribution in [3.63, 3.8) is 0 Å². The number of hydrogen-bond acceptors (Lipinski definition) is 3. The summed E-state index contributed by atoms with van der Waals surface area (Å²) in [7, 11) is 0. The van der Waals surface area contributed by atoms with Crippen LogP contribution in [0.15, 0.2) is 10.7 Å². The monoisotopic (exact) mass is 216 g/mol. The van der Waals surface area contributed by atoms with E-state index in [1.54, 1.807) is 6.20 Å². The fourth-order valence-electron chi connectivity index (χ4n) is 1.09. The maximum atomic E-state index is 5.74. The second-order valence-electron chi connectivity index (χ2n) is 2.63. The lowest BCUT2D eigenvalue weighted by atomic mass is 10.2. The predicted octanol–water partition coefficient (Wildman–Crippen LogP) is 0.372. The molecule has 0 unspecified atom stereocenters. The molecular formula is C6H9BrN4. The third-order valence-electron chi connectivity index (χ3n) is 1.89. The first-order valence-electron chi connectivity index (χ1n) is 3.48. The molecule has 4 nitrogen and oxygen atoms in total. The van der Waals surface area contributed by atoms with Gasteiger partial charge in [-0.1, -0.05) is 0 Å². The van der Waals surface area contributed by atoms with Gasteiger partial charge in [0, 0.05) is 13.1 Å². The summed E-state index contributed by atoms with van der Waals surface area (Å²) < 4.78 is 2.73. The molecule has 0 radical (unpaired) electrons. The Kier molecular flexibility index (Phi) is 1.61. The van der Waals surface area contributed by atoms with E-state index < -0.39 is 0 Å². The number of nitrogens with one attached hydrogen (secondary N) is 1. The largest absolute Gasteiger partial charge is 0.383 e. The van der Waals surface area contributed by atoms with Gasteiger partial charge in [-0.15, -0.1) is 0 Å². The first-order chi connectivity index (χ1) is 5.29. The minimum atomic E-state index is 0.446. The molecule has 60 valence electrons. The summed E-state index contributed by atoms with van der Waals surface area (Å²) in [5.74, 6) is 0.719. The Hall–Kier alpha value is -0.550. The van der Waals surface area contributed by atoms with Gasteiger partial charge in [-0.25, -0.2) is 4.68 Å². The summed E-state index contributed by atoms with van der Waals surface area (Å²) in [4.78, 5) is 0. The zero-order valence-electron chi connectivity index (χ0n) is 5.92. The molecule has 5 heteroatoms. The molecule has 1 fully saturated rings. The quantitative estimate of drug-likeness (QED) is 0.714. The number of nitrogens with two attached hydrogens (primary N) is 1. The third kappa shape index (κ3) is 1.04. The van der Waals surface area contributed by atoms with E-state index in [1.165, 1.54) is 0 Å². The van der Waals surface area contributed by atoms with Gasteiger partial charge in [-0.2, -0.15) is 5.10 Å². The van der Waals surface area contributed by atoms with E-state index in [0.717, 1.165) is 23.4 Å². The standard InChI is InChI=1S/C6H9BrN4/c7-5-3-10-11(6(5)8)4-1-9-2-4/h3-4,9H,1-2,8H2. The molecule has 1 aromatic heterocycles. The van der Waals surface area contributed by atoms with Gasteiger partial charge in [0.05, 0.1) is 16.7 Å². The van der Waals surface area contributed by atoms with Crippen LogP contribution in [0.2, 0.25) is 0 Å². The van der Waals surface area contributed by atoms with Crippen LogP contribution in [0.3, 0.4) is 0 Å². The highest BCUT2D eigenvalue weighted by atomic mass is 79.9. The fraction of sp³-hybridized carbons (Fsp3) is 0.500. The van der Waals surface area contributed by atoms with E-state index in [2.05, 4.69) is 26.3 Å². The molecule has 1 aromatic rings. The zero-order chi connectivity index (χ0) is 7.84. The van der Waals surface area contributed by atoms with E-state index in [1.807, 2.05) is 4.68 Å². The fourth-order valence-corrected chi connectivity index (χ4v) is 1.36. The zero-order valence-corrected chi connectivity index (χ0v) is 7.50. The second kappa shape index (κ2) is 2.49. The van der Waals surface area contributed by atoms with Crippen LogP contribution in [0.4, 0.5) is 5.82 Å². The Bertz CT molecular complexity index is 266. The molecule has 0 bridgehead atoms. The SMILES string of the molecule is Nc1c(Br)cnn1C1CNC1. The number of nitrogens with zero attached hydrogens (tertiary/aromatic N) is 2. The minimum absolute atomic E-state index is 0.446. The Morgan fingerprint density at radius 1 is 1.73 bits per heavy atom. The Balaban J connectivity index is 2.29. The average molecular weight is 217 g/mol. The maximum absolute atomic E-state index is 5.74. The van der Waals surface area contributed by atoms with Crippen LogP contribution >= 0.6 is 15.9 Å². The number of halogens is 1. The van der Waals surface area contributed by atoms with E-state index in [9.17, 15) is 0 Å². The summed E-state index contributed by atoms with van der Waals surface area (Å²) in [5, 5.41) is 7.31. The van der Waals surface area contributed by atoms with Gasteiger partial charge in [-0.05, 0) is 15.9 Å². The predicted molar refractivity (Wildman–Crippen MR) is 46.2 cm³/mol. The van der Waals surface area contributed by atoms with Crippen molar-refractivity contribution in [3.8, 4) is 0 Å². The van der Waals surface area contributed by atoms with Crippen molar-refractivity contribution in [3.05, 3.63) is 10.7 Å². The Labute approximate surface area is 72.9 Å². The Morgan fingerprint density at radius 2 is 2.45 bits per heavy atom. The van der Waals surface area contributed by atoms with E-state index in [0.29, 0.717) is 6.04 Å². The Morgan fingerprint density at radius 3 is 2.82 bits per heavy atom. The van der Waals surface area contributed by atoms with Crippen LogP contribution in [0.5, 0.6) is 0 Å². The van der Waals surface area contributed by atoms with Gasteiger partial charge in [0.25, 0.3) is 0 Å². The van der Waals surface area contributed by atoms with Gasteiger partial charge in [0.15, 0.2) is 0 Å². The minimum Gasteiger partial charge on any atom is -0.383 e. The molecule has 1 saturated heterocycles. The molecule has 1 aliphatic heterocycles. The van der Waals surface area contributed by atoms with Crippen LogP contribution in [0, 0.1) is 0 Å². The normalized spacial score (nSPS) is 18.3. The first kappa shape index (κ1) is 7.12. The van der Waals surface area contributed by atoms with Gasteiger partial charge in [0.2, 0.25) is 0 Å². The highest BCUT2D eigenvalue weighted by molar-refractivity contribution is 9.10. The third-order valence-corrected chi connectivity index (χ3v) is 2.50. The molecule has 0 atom stereocenters. The van der Waals surface area contributed by atoms with Crippen molar-refractivity contribution in [1.82, 2.24) is 15.1 Å². The topological polar surface area (TPSA) is 55.9 Å². The number of aromatic nitrogens is 2. The summed E-state index contributed by atoms with van der Waals surface area (Å²) in [5.41, 5.74) is 5.74. The molecule has 11 heavy (non-hydrogen) atoms. The highest BCUT2D eigenvalue weighted by Crippen LogP contribution is 2.22. The van der Waals surface area contributed by atoms with E-state index in [-0.39, 0.29) is 0 Å². The van der Waals surface area contributed by atoms with Crippen molar-refractivity contribution >= 4 is 21.7 Å². The van der Waals surface area contributed by atoms with Gasteiger partial charge < -0.3 is 11.1 Å². The van der Waals surface area contributed by atoms with Gasteiger partial charge >= 0.3 is 0 Å². The van der Waals surface area contributed by atoms with Crippen molar-refractivity contribution in [1.29, 1.82) is 0 Å². The molecule has 3 N–H and O–H groups in total. The lowest BCUT2D eigenvalue weighted by molar-refractivity contribution is 0.322. The van der Waals surface area contributed by atoms with E-state index >= 15 is 0 Å². The van der Waals surface area contributed by atoms with Crippen LogP contribution in [0.25, 0.3) is 0 Å². The molecule has 0 amide bonds. The number of anilines is 1. The van der Waals surface area contributed by atoms with Gasteiger partial charge in [-0.3, -0.25) is 0 Å². The number of rotatable bonds is 1. The van der Waals surface area contributed by atoms with Crippen LogP contribution in [0.1, 0.15) is 6.04 Å². The average Bonchev–Trinajstić information content (AvgIpc) is 2.15. The van der Waals surface area contributed by atoms with Crippen molar-refractivity contribution < 1.29 is 0 Å². The summed E-state index contributed by atoms with van der Waals surface area (Å²) in [6.45, 7) is 1.94. The van der Waals surface area contributed by atoms with E-state index in [4.69, 9.17) is 5.73 Å². The summed E-state index contributed by atoms with van der Waals surface area (Å²) >= 11 is 3.31. The van der Waals surface area contributed by atoms with Crippen molar-refractivity contribution in [2.24, 2.45) is 0 Å². The number of hydrogen-bond donors (Lipinski definition) is 2. The summed E-state index contributed by atoms with van der Waals surface area (Å²) in [6.07, 6.45) is 1.73. The smallest absolute Gasteiger partial charge is 0.136 e. The first-order valence-corrected chi connectivity index (χ1v) is 4.27. The molecular weight excluding hydrogens is 208 g/mol. The van der Waals surface area contributed by atoms with Crippen LogP contribution in [-0.2, 0) is 0 Å². The van der Waals surface area contributed by atoms with Crippen molar-refractivity contribution in [2.75, 3.05) is 18.8 Å².